The van der Waals surface area contributed by atoms with E-state index in [0.717, 1.165) is 0 Å². The van der Waals surface area contributed by atoms with Crippen molar-refractivity contribution in [2.45, 2.75) is 0 Å². The lowest BCUT2D eigenvalue weighted by atomic mass is 10.2. The van der Waals surface area contributed by atoms with E-state index in [4.69, 9.17) is 25.8 Å². The molecule has 7 heteroatoms. The number of halogens is 2. The van der Waals surface area contributed by atoms with Gasteiger partial charge in [0.15, 0.2) is 11.5 Å². The first kappa shape index (κ1) is 16.9. The second kappa shape index (κ2) is 7.77. The molecule has 0 saturated heterocycles. The van der Waals surface area contributed by atoms with Crippen LogP contribution in [-0.4, -0.2) is 25.9 Å². The van der Waals surface area contributed by atoms with Gasteiger partial charge in [-0.3, -0.25) is 4.79 Å². The zero-order valence-electron chi connectivity index (χ0n) is 13.0. The fourth-order valence-electron chi connectivity index (χ4n) is 2.13. The van der Waals surface area contributed by atoms with Gasteiger partial charge in [0.2, 0.25) is 6.79 Å². The van der Waals surface area contributed by atoms with E-state index in [0.29, 0.717) is 17.2 Å². The van der Waals surface area contributed by atoms with E-state index in [2.05, 4.69) is 17.2 Å². The Balaban J connectivity index is 1.46. The van der Waals surface area contributed by atoms with E-state index in [-0.39, 0.29) is 30.5 Å². The number of nitrogens with one attached hydrogen (secondary N) is 1. The molecule has 0 unspecified atom stereocenters. The minimum absolute atomic E-state index is 0.0496. The van der Waals surface area contributed by atoms with Crippen molar-refractivity contribution in [1.82, 2.24) is 5.32 Å². The highest BCUT2D eigenvalue weighted by Gasteiger charge is 2.15. The third-order valence-electron chi connectivity index (χ3n) is 3.31. The lowest BCUT2D eigenvalue weighted by molar-refractivity contribution is 0.0955. The van der Waals surface area contributed by atoms with Gasteiger partial charge < -0.3 is 19.5 Å². The monoisotopic (exact) mass is 361 g/mol. The Hall–Kier alpha value is -2.91. The summed E-state index contributed by atoms with van der Waals surface area (Å²) in [7, 11) is 0. The molecular weight excluding hydrogens is 349 g/mol. The number of fused-ring (bicyclic) bond motifs is 1. The van der Waals surface area contributed by atoms with Crippen LogP contribution in [0.25, 0.3) is 0 Å². The highest BCUT2D eigenvalue weighted by Crippen LogP contribution is 2.34. The molecule has 0 aliphatic carbocycles. The molecule has 1 heterocycles. The summed E-state index contributed by atoms with van der Waals surface area (Å²) in [4.78, 5) is 11.9. The predicted molar refractivity (Wildman–Crippen MR) is 89.6 cm³/mol. The highest BCUT2D eigenvalue weighted by molar-refractivity contribution is 6.33. The molecule has 2 aromatic rings. The van der Waals surface area contributed by atoms with Crippen LogP contribution in [0.1, 0.15) is 10.4 Å². The molecule has 0 fully saturated rings. The first-order valence-electron chi connectivity index (χ1n) is 7.35. The van der Waals surface area contributed by atoms with Gasteiger partial charge in [-0.1, -0.05) is 29.5 Å². The van der Waals surface area contributed by atoms with Gasteiger partial charge in [-0.05, 0) is 24.3 Å². The SMILES string of the molecule is O=C(NCC#CCOc1ccc2c(c1)OCO2)c1c(F)cccc1Cl. The van der Waals surface area contributed by atoms with Gasteiger partial charge in [0.1, 0.15) is 18.2 Å². The molecule has 5 nitrogen and oxygen atoms in total. The van der Waals surface area contributed by atoms with E-state index < -0.39 is 11.7 Å². The van der Waals surface area contributed by atoms with Gasteiger partial charge in [-0.25, -0.2) is 4.39 Å². The summed E-state index contributed by atoms with van der Waals surface area (Å²) in [5.74, 6) is 6.07. The molecule has 0 bridgehead atoms. The molecule has 1 amide bonds. The van der Waals surface area contributed by atoms with Crippen LogP contribution < -0.4 is 19.5 Å². The van der Waals surface area contributed by atoms with E-state index in [1.54, 1.807) is 18.2 Å². The van der Waals surface area contributed by atoms with Crippen molar-refractivity contribution in [3.05, 3.63) is 52.8 Å². The number of carbonyl (C=O) groups is 1. The van der Waals surface area contributed by atoms with Gasteiger partial charge in [0.05, 0.1) is 17.1 Å². The first-order chi connectivity index (χ1) is 12.1. The molecule has 1 N–H and O–H groups in total. The van der Waals surface area contributed by atoms with Crippen LogP contribution in [0.4, 0.5) is 4.39 Å². The normalized spacial score (nSPS) is 11.4. The van der Waals surface area contributed by atoms with Crippen LogP contribution in [0.3, 0.4) is 0 Å². The topological polar surface area (TPSA) is 56.8 Å². The summed E-state index contributed by atoms with van der Waals surface area (Å²) in [5.41, 5.74) is -0.192. The van der Waals surface area contributed by atoms with Crippen molar-refractivity contribution in [2.24, 2.45) is 0 Å². The van der Waals surface area contributed by atoms with Crippen LogP contribution in [0, 0.1) is 17.7 Å². The number of amides is 1. The maximum absolute atomic E-state index is 13.6. The number of rotatable bonds is 4. The molecule has 128 valence electrons. The fraction of sp³-hybridized carbons (Fsp3) is 0.167. The molecule has 25 heavy (non-hydrogen) atoms. The Morgan fingerprint density at radius 1 is 1.24 bits per heavy atom. The summed E-state index contributed by atoms with van der Waals surface area (Å²) in [6.07, 6.45) is 0. The molecule has 0 aromatic heterocycles. The zero-order valence-corrected chi connectivity index (χ0v) is 13.7. The Morgan fingerprint density at radius 3 is 2.92 bits per heavy atom. The van der Waals surface area contributed by atoms with Gasteiger partial charge in [-0.15, -0.1) is 0 Å². The molecule has 2 aromatic carbocycles. The second-order valence-electron chi connectivity index (χ2n) is 4.94. The third-order valence-corrected chi connectivity index (χ3v) is 3.62. The van der Waals surface area contributed by atoms with Crippen LogP contribution in [-0.2, 0) is 0 Å². The van der Waals surface area contributed by atoms with Crippen LogP contribution in [0.15, 0.2) is 36.4 Å². The van der Waals surface area contributed by atoms with Gasteiger partial charge in [0.25, 0.3) is 5.91 Å². The summed E-state index contributed by atoms with van der Waals surface area (Å²) in [6.45, 7) is 0.383. The van der Waals surface area contributed by atoms with Crippen molar-refractivity contribution in [3.8, 4) is 29.1 Å². The molecule has 0 radical (unpaired) electrons. The Kier molecular flexibility index (Phi) is 5.26. The maximum atomic E-state index is 13.6. The van der Waals surface area contributed by atoms with Gasteiger partial charge >= 0.3 is 0 Å². The Labute approximate surface area is 148 Å². The lowest BCUT2D eigenvalue weighted by Gasteiger charge is -2.05. The Bertz CT molecular complexity index is 840. The van der Waals surface area contributed by atoms with E-state index >= 15 is 0 Å². The number of ether oxygens (including phenoxy) is 3. The number of carbonyl (C=O) groups excluding carboxylic acids is 1. The maximum Gasteiger partial charge on any atom is 0.256 e. The molecule has 0 atom stereocenters. The summed E-state index contributed by atoms with van der Waals surface area (Å²) in [6, 6.07) is 9.27. The molecule has 0 spiro atoms. The van der Waals surface area contributed by atoms with E-state index in [1.807, 2.05) is 0 Å². The number of benzene rings is 2. The van der Waals surface area contributed by atoms with Gasteiger partial charge in [-0.2, -0.15) is 0 Å². The van der Waals surface area contributed by atoms with Crippen molar-refractivity contribution < 1.29 is 23.4 Å². The predicted octanol–water partition coefficient (Wildman–Crippen LogP) is 3.02. The smallest absolute Gasteiger partial charge is 0.256 e. The summed E-state index contributed by atoms with van der Waals surface area (Å²) >= 11 is 5.82. The molecule has 0 saturated carbocycles. The summed E-state index contributed by atoms with van der Waals surface area (Å²) in [5, 5.41) is 2.54. The minimum atomic E-state index is -0.677. The summed E-state index contributed by atoms with van der Waals surface area (Å²) < 4.78 is 29.5. The van der Waals surface area contributed by atoms with Crippen molar-refractivity contribution in [3.63, 3.8) is 0 Å². The van der Waals surface area contributed by atoms with Crippen LogP contribution >= 0.6 is 11.6 Å². The zero-order chi connectivity index (χ0) is 17.6. The van der Waals surface area contributed by atoms with E-state index in [9.17, 15) is 9.18 Å². The molecule has 3 rings (SSSR count). The van der Waals surface area contributed by atoms with Crippen molar-refractivity contribution >= 4 is 17.5 Å². The van der Waals surface area contributed by atoms with Crippen LogP contribution in [0.5, 0.6) is 17.2 Å². The van der Waals surface area contributed by atoms with Crippen molar-refractivity contribution in [1.29, 1.82) is 0 Å². The fourth-order valence-corrected chi connectivity index (χ4v) is 2.38. The van der Waals surface area contributed by atoms with Crippen molar-refractivity contribution in [2.75, 3.05) is 19.9 Å². The average molecular weight is 362 g/mol. The largest absolute Gasteiger partial charge is 0.481 e. The lowest BCUT2D eigenvalue weighted by Crippen LogP contribution is -2.25. The number of hydrogen-bond donors (Lipinski definition) is 1. The van der Waals surface area contributed by atoms with Gasteiger partial charge in [0, 0.05) is 6.07 Å². The van der Waals surface area contributed by atoms with Crippen LogP contribution in [0.2, 0.25) is 5.02 Å². The third kappa shape index (κ3) is 4.14. The standard InChI is InChI=1S/C18H13ClFNO4/c19-13-4-3-5-14(20)17(13)18(22)21-8-1-2-9-23-12-6-7-15-16(10-12)25-11-24-15/h3-7,10H,8-9,11H2,(H,21,22). The first-order valence-corrected chi connectivity index (χ1v) is 7.73. The average Bonchev–Trinajstić information content (AvgIpc) is 3.05. The molecule has 1 aliphatic rings. The highest BCUT2D eigenvalue weighted by atomic mass is 35.5. The van der Waals surface area contributed by atoms with E-state index in [1.165, 1.54) is 18.2 Å². The number of hydrogen-bond acceptors (Lipinski definition) is 4. The Morgan fingerprint density at radius 2 is 2.08 bits per heavy atom. The minimum Gasteiger partial charge on any atom is -0.481 e. The quantitative estimate of drug-likeness (QED) is 0.850. The second-order valence-corrected chi connectivity index (χ2v) is 5.34. The molecule has 1 aliphatic heterocycles. The molecular formula is C18H13ClFNO4.